The normalized spacial score (nSPS) is 10.8. The average Bonchev–Trinajstić information content (AvgIpc) is 2.90. The van der Waals surface area contributed by atoms with Crippen LogP contribution in [0.15, 0.2) is 42.5 Å². The lowest BCUT2D eigenvalue weighted by Crippen LogP contribution is -2.07. The Kier molecular flexibility index (Phi) is 3.70. The van der Waals surface area contributed by atoms with Crippen LogP contribution < -0.4 is 4.74 Å². The first-order chi connectivity index (χ1) is 10.2. The van der Waals surface area contributed by atoms with Crippen LogP contribution in [0, 0.1) is 0 Å². The minimum atomic E-state index is -0.375. The lowest BCUT2D eigenvalue weighted by atomic mass is 10.2. The molecule has 0 fully saturated rings. The third-order valence-corrected chi connectivity index (χ3v) is 3.58. The predicted molar refractivity (Wildman–Crippen MR) is 82.8 cm³/mol. The lowest BCUT2D eigenvalue weighted by molar-refractivity contribution is -0.131. The highest BCUT2D eigenvalue weighted by atomic mass is 79.9. The number of hydrogen-bond acceptors (Lipinski definition) is 4. The Morgan fingerprint density at radius 2 is 1.86 bits per heavy atom. The van der Waals surface area contributed by atoms with Crippen LogP contribution in [-0.4, -0.2) is 21.0 Å². The van der Waals surface area contributed by atoms with Crippen molar-refractivity contribution in [3.05, 3.63) is 48.0 Å². The number of halogens is 1. The Morgan fingerprint density at radius 3 is 2.43 bits per heavy atom. The molecule has 1 heterocycles. The van der Waals surface area contributed by atoms with Crippen molar-refractivity contribution in [2.24, 2.45) is 0 Å². The number of hydrogen-bond donors (Lipinski definition) is 0. The molecule has 0 aliphatic rings. The monoisotopic (exact) mass is 345 g/mol. The van der Waals surface area contributed by atoms with Crippen LogP contribution in [0.25, 0.3) is 16.7 Å². The highest BCUT2D eigenvalue weighted by molar-refractivity contribution is 9.08. The standard InChI is InChI=1S/C15H12BrN3O2/c1-10(20)21-15-7-6-11(9-16)8-14(15)19-17-12-4-2-3-5-13(12)18-19/h2-8H,9H2,1H3. The smallest absolute Gasteiger partial charge is 0.308 e. The molecular weight excluding hydrogens is 334 g/mol. The highest BCUT2D eigenvalue weighted by Crippen LogP contribution is 2.25. The van der Waals surface area contributed by atoms with Crippen LogP contribution in [0.4, 0.5) is 0 Å². The van der Waals surface area contributed by atoms with Gasteiger partial charge in [-0.1, -0.05) is 34.1 Å². The summed E-state index contributed by atoms with van der Waals surface area (Å²) in [4.78, 5) is 12.7. The molecule has 3 aromatic rings. The van der Waals surface area contributed by atoms with E-state index in [1.165, 1.54) is 11.7 Å². The number of aromatic nitrogens is 3. The van der Waals surface area contributed by atoms with Crippen molar-refractivity contribution in [3.63, 3.8) is 0 Å². The number of nitrogens with zero attached hydrogens (tertiary/aromatic N) is 3. The van der Waals surface area contributed by atoms with Crippen molar-refractivity contribution in [3.8, 4) is 11.4 Å². The Morgan fingerprint density at radius 1 is 1.19 bits per heavy atom. The third-order valence-electron chi connectivity index (χ3n) is 2.93. The molecule has 0 saturated heterocycles. The minimum Gasteiger partial charge on any atom is -0.424 e. The zero-order valence-electron chi connectivity index (χ0n) is 11.3. The molecular formula is C15H12BrN3O2. The maximum absolute atomic E-state index is 11.2. The van der Waals surface area contributed by atoms with Gasteiger partial charge in [0.2, 0.25) is 0 Å². The maximum atomic E-state index is 11.2. The van der Waals surface area contributed by atoms with Crippen molar-refractivity contribution in [1.29, 1.82) is 0 Å². The van der Waals surface area contributed by atoms with E-state index in [1.54, 1.807) is 6.07 Å². The topological polar surface area (TPSA) is 57.0 Å². The molecule has 0 N–H and O–H groups in total. The predicted octanol–water partition coefficient (Wildman–Crippen LogP) is 3.24. The summed E-state index contributed by atoms with van der Waals surface area (Å²) in [5, 5.41) is 9.55. The van der Waals surface area contributed by atoms with E-state index in [2.05, 4.69) is 26.1 Å². The van der Waals surface area contributed by atoms with Gasteiger partial charge in [0.25, 0.3) is 0 Å². The van der Waals surface area contributed by atoms with Crippen LogP contribution in [-0.2, 0) is 10.1 Å². The number of fused-ring (bicyclic) bond motifs is 1. The summed E-state index contributed by atoms with van der Waals surface area (Å²) in [6, 6.07) is 13.1. The zero-order chi connectivity index (χ0) is 14.8. The summed E-state index contributed by atoms with van der Waals surface area (Å²) in [7, 11) is 0. The first-order valence-corrected chi connectivity index (χ1v) is 7.49. The Labute approximate surface area is 129 Å². The number of ether oxygens (including phenoxy) is 1. The summed E-state index contributed by atoms with van der Waals surface area (Å²) >= 11 is 3.42. The molecule has 2 aromatic carbocycles. The van der Waals surface area contributed by atoms with E-state index in [-0.39, 0.29) is 5.97 Å². The van der Waals surface area contributed by atoms with Crippen molar-refractivity contribution in [2.75, 3.05) is 0 Å². The first kappa shape index (κ1) is 13.8. The summed E-state index contributed by atoms with van der Waals surface area (Å²) in [5.74, 6) is 0.0621. The van der Waals surface area contributed by atoms with Crippen LogP contribution in [0.2, 0.25) is 0 Å². The minimum absolute atomic E-state index is 0.375. The van der Waals surface area contributed by atoms with Gasteiger partial charge in [-0.3, -0.25) is 4.79 Å². The number of rotatable bonds is 3. The Bertz CT molecular complexity index is 781. The highest BCUT2D eigenvalue weighted by Gasteiger charge is 2.12. The van der Waals surface area contributed by atoms with E-state index >= 15 is 0 Å². The van der Waals surface area contributed by atoms with Gasteiger partial charge in [-0.05, 0) is 29.8 Å². The molecule has 0 atom stereocenters. The first-order valence-electron chi connectivity index (χ1n) is 6.37. The van der Waals surface area contributed by atoms with Gasteiger partial charge in [0.1, 0.15) is 16.7 Å². The number of benzene rings is 2. The molecule has 5 nitrogen and oxygen atoms in total. The van der Waals surface area contributed by atoms with Crippen LogP contribution >= 0.6 is 15.9 Å². The van der Waals surface area contributed by atoms with Crippen LogP contribution in [0.3, 0.4) is 0 Å². The average molecular weight is 346 g/mol. The lowest BCUT2D eigenvalue weighted by Gasteiger charge is -2.09. The van der Waals surface area contributed by atoms with Crippen molar-refractivity contribution in [1.82, 2.24) is 15.0 Å². The third kappa shape index (κ3) is 2.80. The Balaban J connectivity index is 2.15. The molecule has 0 spiro atoms. The fourth-order valence-electron chi connectivity index (χ4n) is 2.01. The summed E-state index contributed by atoms with van der Waals surface area (Å²) in [5.41, 5.74) is 3.26. The van der Waals surface area contributed by atoms with Gasteiger partial charge in [-0.15, -0.1) is 15.0 Å². The molecule has 0 saturated carbocycles. The van der Waals surface area contributed by atoms with Gasteiger partial charge in [0.05, 0.1) is 0 Å². The Hall–Kier alpha value is -2.21. The number of carbonyl (C=O) groups is 1. The van der Waals surface area contributed by atoms with Crippen molar-refractivity contribution in [2.45, 2.75) is 12.3 Å². The zero-order valence-corrected chi connectivity index (χ0v) is 12.9. The van der Waals surface area contributed by atoms with Gasteiger partial charge in [-0.2, -0.15) is 0 Å². The number of alkyl halides is 1. The van der Waals surface area contributed by atoms with Gasteiger partial charge in [0, 0.05) is 12.3 Å². The van der Waals surface area contributed by atoms with Gasteiger partial charge in [-0.25, -0.2) is 0 Å². The second-order valence-corrected chi connectivity index (χ2v) is 5.07. The summed E-state index contributed by atoms with van der Waals surface area (Å²) in [6.07, 6.45) is 0. The molecule has 1 aromatic heterocycles. The van der Waals surface area contributed by atoms with Crippen molar-refractivity contribution >= 4 is 32.9 Å². The fourth-order valence-corrected chi connectivity index (χ4v) is 2.36. The quantitative estimate of drug-likeness (QED) is 0.415. The van der Waals surface area contributed by atoms with E-state index in [1.807, 2.05) is 36.4 Å². The van der Waals surface area contributed by atoms with E-state index in [4.69, 9.17) is 4.74 Å². The molecule has 21 heavy (non-hydrogen) atoms. The molecule has 106 valence electrons. The molecule has 0 radical (unpaired) electrons. The van der Waals surface area contributed by atoms with E-state index in [0.29, 0.717) is 16.8 Å². The van der Waals surface area contributed by atoms with Crippen LogP contribution in [0.5, 0.6) is 5.75 Å². The molecule has 6 heteroatoms. The van der Waals surface area contributed by atoms with Crippen molar-refractivity contribution < 1.29 is 9.53 Å². The molecule has 0 bridgehead atoms. The van der Waals surface area contributed by atoms with E-state index in [9.17, 15) is 4.79 Å². The van der Waals surface area contributed by atoms with E-state index < -0.39 is 0 Å². The second-order valence-electron chi connectivity index (χ2n) is 4.51. The van der Waals surface area contributed by atoms with Gasteiger partial charge < -0.3 is 4.74 Å². The molecule has 0 aliphatic heterocycles. The molecule has 0 amide bonds. The molecule has 0 aliphatic carbocycles. The second kappa shape index (κ2) is 5.65. The van der Waals surface area contributed by atoms with Crippen LogP contribution in [0.1, 0.15) is 12.5 Å². The van der Waals surface area contributed by atoms with Gasteiger partial charge in [0.15, 0.2) is 5.75 Å². The largest absolute Gasteiger partial charge is 0.424 e. The fraction of sp³-hybridized carbons (Fsp3) is 0.133. The summed E-state index contributed by atoms with van der Waals surface area (Å²) < 4.78 is 5.24. The number of carbonyl (C=O) groups excluding carboxylic acids is 1. The van der Waals surface area contributed by atoms with E-state index in [0.717, 1.165) is 16.6 Å². The molecule has 0 unspecified atom stereocenters. The number of esters is 1. The maximum Gasteiger partial charge on any atom is 0.308 e. The summed E-state index contributed by atoms with van der Waals surface area (Å²) in [6.45, 7) is 1.37. The SMILES string of the molecule is CC(=O)Oc1ccc(CBr)cc1-n1nc2ccccc2n1. The molecule has 3 rings (SSSR count). The van der Waals surface area contributed by atoms with Gasteiger partial charge >= 0.3 is 5.97 Å².